The molecule has 23 heavy (non-hydrogen) atoms. The molecule has 0 radical (unpaired) electrons. The van der Waals surface area contributed by atoms with Gasteiger partial charge in [0.05, 0.1) is 18.1 Å². The minimum Gasteiger partial charge on any atom is -0.496 e. The number of nitrogens with zero attached hydrogens (tertiary/aromatic N) is 1. The molecule has 0 aliphatic heterocycles. The molecule has 0 heterocycles. The number of hydrogen-bond acceptors (Lipinski definition) is 5. The molecule has 0 bridgehead atoms. The molecule has 118 valence electrons. The van der Waals surface area contributed by atoms with Crippen LogP contribution >= 0.6 is 11.6 Å². The van der Waals surface area contributed by atoms with Crippen LogP contribution in [-0.4, -0.2) is 18.0 Å². The summed E-state index contributed by atoms with van der Waals surface area (Å²) in [4.78, 5) is 22.2. The van der Waals surface area contributed by atoms with E-state index in [0.717, 1.165) is 0 Å². The van der Waals surface area contributed by atoms with Gasteiger partial charge in [-0.15, -0.1) is 0 Å². The van der Waals surface area contributed by atoms with Crippen molar-refractivity contribution < 1.29 is 19.2 Å². The molecule has 2 rings (SSSR count). The number of carbonyl (C=O) groups is 1. The van der Waals surface area contributed by atoms with Crippen LogP contribution in [0.3, 0.4) is 0 Å². The molecule has 0 fully saturated rings. The maximum absolute atomic E-state index is 11.8. The number of hydrogen-bond donors (Lipinski definition) is 0. The number of esters is 1. The zero-order chi connectivity index (χ0) is 16.8. The van der Waals surface area contributed by atoms with Gasteiger partial charge in [-0.05, 0) is 35.9 Å². The predicted molar refractivity (Wildman–Crippen MR) is 85.8 cm³/mol. The highest BCUT2D eigenvalue weighted by Gasteiger charge is 2.18. The number of methoxy groups -OCH3 is 1. The fourth-order valence-electron chi connectivity index (χ4n) is 1.77. The average Bonchev–Trinajstić information content (AvgIpc) is 2.53. The van der Waals surface area contributed by atoms with Crippen LogP contribution in [0.2, 0.25) is 5.02 Å². The van der Waals surface area contributed by atoms with E-state index >= 15 is 0 Å². The second kappa shape index (κ2) is 7.42. The largest absolute Gasteiger partial charge is 0.496 e. The fourth-order valence-corrected chi connectivity index (χ4v) is 1.97. The number of nitro benzene ring substituents is 1. The minimum absolute atomic E-state index is 0.156. The van der Waals surface area contributed by atoms with Gasteiger partial charge in [0, 0.05) is 11.1 Å². The van der Waals surface area contributed by atoms with Crippen molar-refractivity contribution in [2.24, 2.45) is 0 Å². The highest BCUT2D eigenvalue weighted by Crippen LogP contribution is 2.31. The lowest BCUT2D eigenvalue weighted by Gasteiger charge is -2.04. The zero-order valence-corrected chi connectivity index (χ0v) is 12.8. The summed E-state index contributed by atoms with van der Waals surface area (Å²) < 4.78 is 9.91. The van der Waals surface area contributed by atoms with Gasteiger partial charge >= 0.3 is 11.7 Å². The van der Waals surface area contributed by atoms with Crippen LogP contribution in [-0.2, 0) is 4.79 Å². The number of rotatable bonds is 5. The first-order valence-corrected chi connectivity index (χ1v) is 6.85. The Hall–Kier alpha value is -2.86. The van der Waals surface area contributed by atoms with Crippen LogP contribution in [0.15, 0.2) is 48.5 Å². The molecule has 2 aromatic rings. The SMILES string of the molecule is COc1ccc(OC(=O)/C=C/c2cccc(Cl)c2)c([N+](=O)[O-])c1. The van der Waals surface area contributed by atoms with Crippen molar-refractivity contribution in [1.29, 1.82) is 0 Å². The first kappa shape index (κ1) is 16.5. The highest BCUT2D eigenvalue weighted by molar-refractivity contribution is 6.30. The Morgan fingerprint density at radius 1 is 1.26 bits per heavy atom. The van der Waals surface area contributed by atoms with E-state index in [1.54, 1.807) is 24.3 Å². The van der Waals surface area contributed by atoms with E-state index in [1.807, 2.05) is 0 Å². The first-order valence-electron chi connectivity index (χ1n) is 6.47. The summed E-state index contributed by atoms with van der Waals surface area (Å²) in [6.45, 7) is 0. The summed E-state index contributed by atoms with van der Waals surface area (Å²) in [5.74, 6) is -0.597. The molecule has 0 saturated heterocycles. The van der Waals surface area contributed by atoms with Gasteiger partial charge in [-0.3, -0.25) is 10.1 Å². The van der Waals surface area contributed by atoms with Crippen molar-refractivity contribution >= 4 is 29.3 Å². The van der Waals surface area contributed by atoms with Gasteiger partial charge in [0.25, 0.3) is 0 Å². The Kier molecular flexibility index (Phi) is 5.32. The zero-order valence-electron chi connectivity index (χ0n) is 12.1. The summed E-state index contributed by atoms with van der Waals surface area (Å²) in [7, 11) is 1.39. The van der Waals surface area contributed by atoms with Crippen molar-refractivity contribution in [2.45, 2.75) is 0 Å². The summed E-state index contributed by atoms with van der Waals surface area (Å²) in [6, 6.07) is 10.8. The van der Waals surface area contributed by atoms with Gasteiger partial charge < -0.3 is 9.47 Å². The fraction of sp³-hybridized carbons (Fsp3) is 0.0625. The lowest BCUT2D eigenvalue weighted by molar-refractivity contribution is -0.385. The molecule has 0 aliphatic carbocycles. The third-order valence-electron chi connectivity index (χ3n) is 2.83. The third-order valence-corrected chi connectivity index (χ3v) is 3.07. The summed E-state index contributed by atoms with van der Waals surface area (Å²) >= 11 is 5.84. The van der Waals surface area contributed by atoms with Gasteiger partial charge in [0.1, 0.15) is 5.75 Å². The molecule has 0 spiro atoms. The van der Waals surface area contributed by atoms with Gasteiger partial charge in [-0.25, -0.2) is 4.79 Å². The van der Waals surface area contributed by atoms with Crippen LogP contribution in [0, 0.1) is 10.1 Å². The van der Waals surface area contributed by atoms with Crippen LogP contribution < -0.4 is 9.47 Å². The number of benzene rings is 2. The highest BCUT2D eigenvalue weighted by atomic mass is 35.5. The van der Waals surface area contributed by atoms with E-state index in [9.17, 15) is 14.9 Å². The molecule has 0 saturated carbocycles. The van der Waals surface area contributed by atoms with Crippen molar-refractivity contribution in [2.75, 3.05) is 7.11 Å². The van der Waals surface area contributed by atoms with Crippen molar-refractivity contribution in [3.05, 3.63) is 69.2 Å². The van der Waals surface area contributed by atoms with Gasteiger partial charge in [0.2, 0.25) is 5.75 Å². The van der Waals surface area contributed by atoms with Crippen LogP contribution in [0.4, 0.5) is 5.69 Å². The Labute approximate surface area is 137 Å². The Morgan fingerprint density at radius 3 is 2.70 bits per heavy atom. The molecule has 0 aromatic heterocycles. The van der Waals surface area contributed by atoms with E-state index < -0.39 is 10.9 Å². The predicted octanol–water partition coefficient (Wildman–Crippen LogP) is 3.88. The third kappa shape index (κ3) is 4.55. The Balaban J connectivity index is 2.15. The van der Waals surface area contributed by atoms with E-state index in [0.29, 0.717) is 16.3 Å². The van der Waals surface area contributed by atoms with E-state index in [2.05, 4.69) is 0 Å². The van der Waals surface area contributed by atoms with Crippen molar-refractivity contribution in [3.8, 4) is 11.5 Å². The summed E-state index contributed by atoms with van der Waals surface area (Å²) in [5.41, 5.74) is 0.354. The first-order chi connectivity index (χ1) is 11.0. The van der Waals surface area contributed by atoms with Gasteiger partial charge in [0.15, 0.2) is 0 Å². The maximum atomic E-state index is 11.8. The second-order valence-corrected chi connectivity index (χ2v) is 4.84. The Morgan fingerprint density at radius 2 is 2.04 bits per heavy atom. The number of nitro groups is 1. The van der Waals surface area contributed by atoms with Crippen molar-refractivity contribution in [3.63, 3.8) is 0 Å². The average molecular weight is 334 g/mol. The normalized spacial score (nSPS) is 10.5. The molecule has 7 heteroatoms. The smallest absolute Gasteiger partial charge is 0.336 e. The standard InChI is InChI=1S/C16H12ClNO5/c1-22-13-6-7-15(14(10-13)18(20)21)23-16(19)8-5-11-3-2-4-12(17)9-11/h2-10H,1H3/b8-5+. The number of ether oxygens (including phenoxy) is 2. The molecule has 0 N–H and O–H groups in total. The topological polar surface area (TPSA) is 78.7 Å². The van der Waals surface area contributed by atoms with E-state index in [4.69, 9.17) is 21.1 Å². The molecule has 2 aromatic carbocycles. The van der Waals surface area contributed by atoms with E-state index in [-0.39, 0.29) is 11.4 Å². The lowest BCUT2D eigenvalue weighted by Crippen LogP contribution is -2.06. The molecule has 0 unspecified atom stereocenters. The summed E-state index contributed by atoms with van der Waals surface area (Å²) in [6.07, 6.45) is 2.67. The van der Waals surface area contributed by atoms with Gasteiger partial charge in [-0.2, -0.15) is 0 Å². The van der Waals surface area contributed by atoms with Gasteiger partial charge in [-0.1, -0.05) is 23.7 Å². The molecule has 6 nitrogen and oxygen atoms in total. The van der Waals surface area contributed by atoms with Crippen LogP contribution in [0.5, 0.6) is 11.5 Å². The monoisotopic (exact) mass is 333 g/mol. The second-order valence-electron chi connectivity index (χ2n) is 4.40. The number of halogens is 1. The molecule has 0 amide bonds. The van der Waals surface area contributed by atoms with Crippen LogP contribution in [0.25, 0.3) is 6.08 Å². The number of carbonyl (C=O) groups excluding carboxylic acids is 1. The van der Waals surface area contributed by atoms with Crippen LogP contribution in [0.1, 0.15) is 5.56 Å². The van der Waals surface area contributed by atoms with E-state index in [1.165, 1.54) is 37.5 Å². The molecule has 0 atom stereocenters. The summed E-state index contributed by atoms with van der Waals surface area (Å²) in [5, 5.41) is 11.5. The Bertz CT molecular complexity index is 773. The minimum atomic E-state index is -0.738. The lowest BCUT2D eigenvalue weighted by atomic mass is 10.2. The maximum Gasteiger partial charge on any atom is 0.336 e. The molecule has 0 aliphatic rings. The molecular weight excluding hydrogens is 322 g/mol. The van der Waals surface area contributed by atoms with Crippen molar-refractivity contribution in [1.82, 2.24) is 0 Å². The molecular formula is C16H12ClNO5. The quantitative estimate of drug-likeness (QED) is 0.273.